The van der Waals surface area contributed by atoms with Gasteiger partial charge < -0.3 is 15.1 Å². The van der Waals surface area contributed by atoms with E-state index in [0.717, 1.165) is 38.9 Å². The van der Waals surface area contributed by atoms with Gasteiger partial charge in [-0.2, -0.15) is 0 Å². The largest absolute Gasteiger partial charge is 0.352 e. The molecule has 2 fully saturated rings. The van der Waals surface area contributed by atoms with Gasteiger partial charge >= 0.3 is 6.03 Å². The molecule has 5 heteroatoms. The summed E-state index contributed by atoms with van der Waals surface area (Å²) in [4.78, 5) is 26.9. The molecule has 2 heterocycles. The predicted octanol–water partition coefficient (Wildman–Crippen LogP) is 0.803. The second kappa shape index (κ2) is 5.38. The van der Waals surface area contributed by atoms with Crippen molar-refractivity contribution in [2.45, 2.75) is 38.6 Å². The molecule has 2 rings (SSSR count). The van der Waals surface area contributed by atoms with Crippen molar-refractivity contribution in [1.82, 2.24) is 15.1 Å². The van der Waals surface area contributed by atoms with E-state index < -0.39 is 0 Å². The molecule has 0 radical (unpaired) electrons. The van der Waals surface area contributed by atoms with Crippen molar-refractivity contribution in [2.75, 3.05) is 26.2 Å². The van der Waals surface area contributed by atoms with E-state index in [2.05, 4.69) is 5.32 Å². The molecule has 2 aliphatic heterocycles. The van der Waals surface area contributed by atoms with Crippen LogP contribution in [0.3, 0.4) is 0 Å². The third-order valence-corrected chi connectivity index (χ3v) is 3.49. The lowest BCUT2D eigenvalue weighted by molar-refractivity contribution is -0.119. The molecular weight excluding hydrogens is 218 g/mol. The number of rotatable bonds is 1. The Labute approximate surface area is 102 Å². The van der Waals surface area contributed by atoms with E-state index in [9.17, 15) is 9.59 Å². The van der Waals surface area contributed by atoms with Gasteiger partial charge in [0.1, 0.15) is 0 Å². The number of amides is 3. The monoisotopic (exact) mass is 239 g/mol. The minimum atomic E-state index is -0.0118. The second-order valence-electron chi connectivity index (χ2n) is 4.96. The van der Waals surface area contributed by atoms with E-state index in [-0.39, 0.29) is 18.0 Å². The Hall–Kier alpha value is -1.26. The number of nitrogens with zero attached hydrogens (tertiary/aromatic N) is 2. The number of piperidine rings is 1. The zero-order valence-corrected chi connectivity index (χ0v) is 10.4. The van der Waals surface area contributed by atoms with Crippen LogP contribution in [0.2, 0.25) is 0 Å². The topological polar surface area (TPSA) is 52.7 Å². The summed E-state index contributed by atoms with van der Waals surface area (Å²) in [5.41, 5.74) is 0. The predicted molar refractivity (Wildman–Crippen MR) is 64.6 cm³/mol. The molecule has 0 aromatic heterocycles. The van der Waals surface area contributed by atoms with Gasteiger partial charge in [0.2, 0.25) is 5.91 Å². The van der Waals surface area contributed by atoms with Crippen molar-refractivity contribution in [2.24, 2.45) is 0 Å². The summed E-state index contributed by atoms with van der Waals surface area (Å²) in [7, 11) is 0. The van der Waals surface area contributed by atoms with E-state index in [0.29, 0.717) is 6.54 Å². The van der Waals surface area contributed by atoms with Crippen molar-refractivity contribution in [3.63, 3.8) is 0 Å². The highest BCUT2D eigenvalue weighted by Gasteiger charge is 2.29. The second-order valence-corrected chi connectivity index (χ2v) is 4.96. The first-order valence-electron chi connectivity index (χ1n) is 6.48. The smallest absolute Gasteiger partial charge is 0.320 e. The van der Waals surface area contributed by atoms with Crippen molar-refractivity contribution in [1.29, 1.82) is 0 Å². The molecule has 5 nitrogen and oxygen atoms in total. The van der Waals surface area contributed by atoms with Crippen LogP contribution >= 0.6 is 0 Å². The molecule has 2 aliphatic rings. The van der Waals surface area contributed by atoms with Crippen LogP contribution in [-0.2, 0) is 4.79 Å². The van der Waals surface area contributed by atoms with E-state index in [1.807, 2.05) is 9.80 Å². The summed E-state index contributed by atoms with van der Waals surface area (Å²) in [6.07, 6.45) is 4.35. The van der Waals surface area contributed by atoms with E-state index in [4.69, 9.17) is 0 Å². The number of carbonyl (C=O) groups is 2. The van der Waals surface area contributed by atoms with Crippen LogP contribution in [0, 0.1) is 0 Å². The minimum Gasteiger partial charge on any atom is -0.352 e. The van der Waals surface area contributed by atoms with Crippen LogP contribution in [0.15, 0.2) is 0 Å². The Bertz CT molecular complexity index is 300. The third-order valence-electron chi connectivity index (χ3n) is 3.49. The number of carbonyl (C=O) groups excluding carboxylic acids is 2. The fourth-order valence-electron chi connectivity index (χ4n) is 2.62. The summed E-state index contributed by atoms with van der Waals surface area (Å²) in [5.74, 6) is -0.0118. The molecule has 96 valence electrons. The normalized spacial score (nSPS) is 24.9. The fraction of sp³-hybridized carbons (Fsp3) is 0.833. The number of urea groups is 1. The maximum atomic E-state index is 12.2. The van der Waals surface area contributed by atoms with Crippen molar-refractivity contribution in [3.05, 3.63) is 0 Å². The average molecular weight is 239 g/mol. The molecule has 0 aromatic rings. The van der Waals surface area contributed by atoms with Gasteiger partial charge in [-0.1, -0.05) is 0 Å². The molecule has 17 heavy (non-hydrogen) atoms. The highest BCUT2D eigenvalue weighted by Crippen LogP contribution is 2.15. The van der Waals surface area contributed by atoms with Crippen LogP contribution in [0.4, 0.5) is 4.79 Å². The van der Waals surface area contributed by atoms with Gasteiger partial charge in [0, 0.05) is 39.1 Å². The van der Waals surface area contributed by atoms with Crippen LogP contribution in [0.5, 0.6) is 0 Å². The minimum absolute atomic E-state index is 0.0118. The average Bonchev–Trinajstić information content (AvgIpc) is 2.77. The zero-order chi connectivity index (χ0) is 12.3. The molecular formula is C12H21N3O2. The molecule has 0 spiro atoms. The summed E-state index contributed by atoms with van der Waals surface area (Å²) >= 11 is 0. The van der Waals surface area contributed by atoms with E-state index in [1.165, 1.54) is 13.3 Å². The van der Waals surface area contributed by atoms with Crippen molar-refractivity contribution in [3.8, 4) is 0 Å². The van der Waals surface area contributed by atoms with Crippen LogP contribution < -0.4 is 5.32 Å². The number of hydrogen-bond donors (Lipinski definition) is 1. The van der Waals surface area contributed by atoms with Gasteiger partial charge in [0.15, 0.2) is 0 Å². The molecule has 0 aliphatic carbocycles. The van der Waals surface area contributed by atoms with Gasteiger partial charge in [-0.05, 0) is 25.7 Å². The van der Waals surface area contributed by atoms with Crippen molar-refractivity contribution < 1.29 is 9.59 Å². The van der Waals surface area contributed by atoms with Gasteiger partial charge in [-0.15, -0.1) is 0 Å². The van der Waals surface area contributed by atoms with Gasteiger partial charge in [-0.3, -0.25) is 4.79 Å². The van der Waals surface area contributed by atoms with E-state index >= 15 is 0 Å². The Kier molecular flexibility index (Phi) is 3.86. The lowest BCUT2D eigenvalue weighted by atomic mass is 10.1. The Morgan fingerprint density at radius 2 is 1.76 bits per heavy atom. The quantitative estimate of drug-likeness (QED) is 0.736. The van der Waals surface area contributed by atoms with Crippen LogP contribution in [-0.4, -0.2) is 54.0 Å². The molecule has 2 saturated heterocycles. The Morgan fingerprint density at radius 3 is 2.41 bits per heavy atom. The number of nitrogens with one attached hydrogen (secondary N) is 1. The maximum absolute atomic E-state index is 12.2. The maximum Gasteiger partial charge on any atom is 0.320 e. The highest BCUT2D eigenvalue weighted by atomic mass is 16.2. The summed E-state index contributed by atoms with van der Waals surface area (Å²) in [6, 6.07) is 0.291. The third kappa shape index (κ3) is 3.11. The first kappa shape index (κ1) is 12.2. The summed E-state index contributed by atoms with van der Waals surface area (Å²) < 4.78 is 0. The molecule has 0 aromatic carbocycles. The first-order chi connectivity index (χ1) is 8.16. The fourth-order valence-corrected chi connectivity index (χ4v) is 2.62. The first-order valence-corrected chi connectivity index (χ1v) is 6.48. The standard InChI is InChI=1S/C12H21N3O2/c1-10(16)13-11-5-8-15(9-11)12(17)14-6-3-2-4-7-14/h11H,2-9H2,1H3,(H,13,16). The molecule has 3 amide bonds. The molecule has 1 N–H and O–H groups in total. The molecule has 0 bridgehead atoms. The summed E-state index contributed by atoms with van der Waals surface area (Å²) in [6.45, 7) is 4.73. The van der Waals surface area contributed by atoms with Gasteiger partial charge in [0.05, 0.1) is 0 Å². The SMILES string of the molecule is CC(=O)NC1CCN(C(=O)N2CCCCC2)C1. The van der Waals surface area contributed by atoms with Crippen LogP contribution in [0.1, 0.15) is 32.6 Å². The Balaban J connectivity index is 1.82. The highest BCUT2D eigenvalue weighted by molar-refractivity contribution is 5.76. The van der Waals surface area contributed by atoms with Crippen LogP contribution in [0.25, 0.3) is 0 Å². The zero-order valence-electron chi connectivity index (χ0n) is 10.4. The van der Waals surface area contributed by atoms with Gasteiger partial charge in [-0.25, -0.2) is 4.79 Å². The molecule has 1 atom stereocenters. The Morgan fingerprint density at radius 1 is 1.06 bits per heavy atom. The van der Waals surface area contributed by atoms with E-state index in [1.54, 1.807) is 0 Å². The number of likely N-dealkylation sites (tertiary alicyclic amines) is 2. The number of hydrogen-bond acceptors (Lipinski definition) is 2. The lowest BCUT2D eigenvalue weighted by Crippen LogP contribution is -2.45. The molecule has 0 saturated carbocycles. The van der Waals surface area contributed by atoms with Gasteiger partial charge in [0.25, 0.3) is 0 Å². The molecule has 1 unspecified atom stereocenters. The lowest BCUT2D eigenvalue weighted by Gasteiger charge is -2.31. The summed E-state index contributed by atoms with van der Waals surface area (Å²) in [5, 5.41) is 2.88. The van der Waals surface area contributed by atoms with Crippen molar-refractivity contribution >= 4 is 11.9 Å².